The zero-order valence-electron chi connectivity index (χ0n) is 26.2. The van der Waals surface area contributed by atoms with Crippen LogP contribution in [-0.2, 0) is 18.4 Å². The second-order valence-corrected chi connectivity index (χ2v) is 11.1. The highest BCUT2D eigenvalue weighted by Crippen LogP contribution is 2.30. The largest absolute Gasteiger partial charge is 0.402 e. The van der Waals surface area contributed by atoms with Gasteiger partial charge in [-0.2, -0.15) is 5.10 Å². The molecule has 4 aromatic carbocycles. The zero-order chi connectivity index (χ0) is 32.5. The fourth-order valence-electron chi connectivity index (χ4n) is 5.54. The van der Waals surface area contributed by atoms with Crippen LogP contribution in [-0.4, -0.2) is 33.3 Å². The molecule has 0 fully saturated rings. The van der Waals surface area contributed by atoms with Crippen molar-refractivity contribution in [1.82, 2.24) is 15.1 Å². The van der Waals surface area contributed by atoms with E-state index in [0.717, 1.165) is 33.5 Å². The molecule has 232 valence electrons. The van der Waals surface area contributed by atoms with Crippen LogP contribution in [0.3, 0.4) is 0 Å². The van der Waals surface area contributed by atoms with E-state index in [-0.39, 0.29) is 5.91 Å². The molecule has 0 unspecified atom stereocenters. The molecule has 4 N–H and O–H groups in total. The topological polar surface area (TPSA) is 114 Å². The lowest BCUT2D eigenvalue weighted by molar-refractivity contribution is -0.118. The van der Waals surface area contributed by atoms with Gasteiger partial charge < -0.3 is 16.4 Å². The van der Waals surface area contributed by atoms with Crippen molar-refractivity contribution in [1.29, 1.82) is 0 Å². The van der Waals surface area contributed by atoms with Crippen molar-refractivity contribution in [2.24, 2.45) is 17.8 Å². The molecule has 1 aromatic heterocycles. The summed E-state index contributed by atoms with van der Waals surface area (Å²) in [4.78, 5) is 32.4. The number of nitrogens with zero attached hydrogens (tertiary/aromatic N) is 3. The molecule has 0 aliphatic rings. The van der Waals surface area contributed by atoms with Crippen LogP contribution in [0.25, 0.3) is 5.57 Å². The van der Waals surface area contributed by atoms with Crippen LogP contribution >= 0.6 is 0 Å². The Hall–Kier alpha value is -5.76. The molecule has 0 aliphatic heterocycles. The van der Waals surface area contributed by atoms with Crippen molar-refractivity contribution < 1.29 is 9.59 Å². The minimum absolute atomic E-state index is 0.350. The molecule has 0 aliphatic carbocycles. The van der Waals surface area contributed by atoms with Gasteiger partial charge in [0.1, 0.15) is 11.7 Å². The summed E-state index contributed by atoms with van der Waals surface area (Å²) in [5, 5.41) is 10.2. The van der Waals surface area contributed by atoms with Gasteiger partial charge in [-0.25, -0.2) is 0 Å². The highest BCUT2D eigenvalue weighted by molar-refractivity contribution is 6.23. The molecule has 1 heterocycles. The Balaban J connectivity index is 1.43. The van der Waals surface area contributed by atoms with Crippen LogP contribution in [0.1, 0.15) is 52.5 Å². The summed E-state index contributed by atoms with van der Waals surface area (Å²) in [6, 6.07) is 37.7. The molecular weight excluding hydrogens is 572 g/mol. The summed E-state index contributed by atoms with van der Waals surface area (Å²) in [7, 11) is 1.69. The Morgan fingerprint density at radius 1 is 0.804 bits per heavy atom. The summed E-state index contributed by atoms with van der Waals surface area (Å²) in [5.74, 6) is -1.21. The number of amides is 2. The van der Waals surface area contributed by atoms with Crippen LogP contribution in [0.4, 0.5) is 5.69 Å². The van der Waals surface area contributed by atoms with E-state index in [1.807, 2.05) is 129 Å². The van der Waals surface area contributed by atoms with Crippen molar-refractivity contribution in [3.05, 3.63) is 161 Å². The first-order valence-corrected chi connectivity index (χ1v) is 15.1. The van der Waals surface area contributed by atoms with Gasteiger partial charge in [0.25, 0.3) is 5.91 Å². The van der Waals surface area contributed by atoms with Gasteiger partial charge in [-0.3, -0.25) is 19.3 Å². The van der Waals surface area contributed by atoms with Gasteiger partial charge in [0.15, 0.2) is 0 Å². The van der Waals surface area contributed by atoms with Gasteiger partial charge in [-0.05, 0) is 54.3 Å². The molecule has 0 saturated carbocycles. The van der Waals surface area contributed by atoms with E-state index in [0.29, 0.717) is 23.6 Å². The molecular formula is C38H38N6O2. The molecule has 46 heavy (non-hydrogen) atoms. The van der Waals surface area contributed by atoms with Gasteiger partial charge >= 0.3 is 0 Å². The third kappa shape index (κ3) is 7.65. The fourth-order valence-corrected chi connectivity index (χ4v) is 5.54. The third-order valence-corrected chi connectivity index (χ3v) is 7.81. The highest BCUT2D eigenvalue weighted by atomic mass is 16.2. The lowest BCUT2D eigenvalue weighted by atomic mass is 9.84. The predicted octanol–water partition coefficient (Wildman–Crippen LogP) is 6.34. The minimum Gasteiger partial charge on any atom is -0.402 e. The fraction of sp³-hybridized carbons (Fsp3) is 0.158. The van der Waals surface area contributed by atoms with Crippen molar-refractivity contribution in [2.45, 2.75) is 32.4 Å². The zero-order valence-corrected chi connectivity index (χ0v) is 26.2. The van der Waals surface area contributed by atoms with Crippen LogP contribution in [0.5, 0.6) is 0 Å². The van der Waals surface area contributed by atoms with Gasteiger partial charge in [-0.15, -0.1) is 0 Å². The molecule has 0 radical (unpaired) electrons. The number of carbonyl (C=O) groups excluding carboxylic acids is 2. The second-order valence-electron chi connectivity index (χ2n) is 11.1. The van der Waals surface area contributed by atoms with Crippen molar-refractivity contribution in [3.8, 4) is 0 Å². The van der Waals surface area contributed by atoms with E-state index in [2.05, 4.69) is 15.7 Å². The van der Waals surface area contributed by atoms with E-state index in [1.54, 1.807) is 19.3 Å². The first-order valence-electron chi connectivity index (χ1n) is 15.1. The Kier molecular flexibility index (Phi) is 10.2. The van der Waals surface area contributed by atoms with Crippen molar-refractivity contribution >= 4 is 28.8 Å². The Morgan fingerprint density at radius 2 is 1.37 bits per heavy atom. The summed E-state index contributed by atoms with van der Waals surface area (Å²) in [5.41, 5.74) is 13.4. The molecule has 8 nitrogen and oxygen atoms in total. The maximum atomic E-state index is 14.1. The predicted molar refractivity (Wildman–Crippen MR) is 184 cm³/mol. The maximum absolute atomic E-state index is 14.1. The van der Waals surface area contributed by atoms with E-state index in [4.69, 9.17) is 10.7 Å². The minimum atomic E-state index is -0.944. The molecule has 0 bridgehead atoms. The van der Waals surface area contributed by atoms with Gasteiger partial charge in [0, 0.05) is 41.8 Å². The second kappa shape index (κ2) is 14.8. The van der Waals surface area contributed by atoms with Crippen LogP contribution < -0.4 is 16.4 Å². The summed E-state index contributed by atoms with van der Waals surface area (Å²) in [6.07, 6.45) is 1.55. The summed E-state index contributed by atoms with van der Waals surface area (Å²) in [6.45, 7) is 4.36. The Bertz CT molecular complexity index is 1790. The van der Waals surface area contributed by atoms with Crippen LogP contribution in [0, 0.1) is 0 Å². The van der Waals surface area contributed by atoms with Gasteiger partial charge in [0.2, 0.25) is 5.91 Å². The monoisotopic (exact) mass is 610 g/mol. The first kappa shape index (κ1) is 31.7. The molecule has 5 rings (SSSR count). The number of hydrogen-bond acceptors (Lipinski definition) is 5. The third-order valence-electron chi connectivity index (χ3n) is 7.81. The summed E-state index contributed by atoms with van der Waals surface area (Å²) >= 11 is 0. The van der Waals surface area contributed by atoms with Crippen LogP contribution in [0.15, 0.2) is 138 Å². The Morgan fingerprint density at radius 3 is 1.89 bits per heavy atom. The lowest BCUT2D eigenvalue weighted by Crippen LogP contribution is -2.48. The number of allylic oxidation sites excluding steroid dienone is 2. The smallest absolute Gasteiger partial charge is 0.270 e. The SMILES string of the molecule is CC(=NCc1ccccc1)C(=C(C)N)c1ccc(NC(=O)[C@@H](NC(=O)c2ccnn2C)C(c2ccccc2)c2ccccc2)cc1. The van der Waals surface area contributed by atoms with Gasteiger partial charge in [0.05, 0.1) is 6.54 Å². The maximum Gasteiger partial charge on any atom is 0.270 e. The number of aryl methyl sites for hydroxylation is 1. The molecule has 0 saturated heterocycles. The number of nitrogens with two attached hydrogens (primary N) is 1. The number of rotatable bonds is 11. The summed E-state index contributed by atoms with van der Waals surface area (Å²) < 4.78 is 1.48. The van der Waals surface area contributed by atoms with E-state index < -0.39 is 17.9 Å². The molecule has 8 heteroatoms. The number of aliphatic imine (C=N–C) groups is 1. The van der Waals surface area contributed by atoms with E-state index >= 15 is 0 Å². The normalized spacial score (nSPS) is 12.7. The standard InChI is InChI=1S/C38H38N6O2/c1-26(39)34(27(2)40-25-28-13-7-4-8-14-28)31-19-21-32(22-20-31)42-38(46)36(43-37(45)33-23-24-41-44(33)3)35(29-15-9-5-10-16-29)30-17-11-6-12-18-30/h4-24,35-36H,25,39H2,1-3H3,(H,42,46)(H,43,45)/t36-/m0/s1. The van der Waals surface area contributed by atoms with Crippen molar-refractivity contribution in [2.75, 3.05) is 5.32 Å². The molecule has 5 aromatic rings. The lowest BCUT2D eigenvalue weighted by Gasteiger charge is -2.28. The number of carbonyl (C=O) groups is 2. The average molecular weight is 611 g/mol. The Labute approximate surface area is 269 Å². The average Bonchev–Trinajstić information content (AvgIpc) is 3.51. The van der Waals surface area contributed by atoms with Gasteiger partial charge in [-0.1, -0.05) is 103 Å². The van der Waals surface area contributed by atoms with Crippen LogP contribution in [0.2, 0.25) is 0 Å². The molecule has 2 amide bonds. The number of benzene rings is 4. The molecule has 0 spiro atoms. The molecule has 1 atom stereocenters. The highest BCUT2D eigenvalue weighted by Gasteiger charge is 2.33. The number of aromatic nitrogens is 2. The first-order chi connectivity index (χ1) is 22.3. The van der Waals surface area contributed by atoms with E-state index in [1.165, 1.54) is 4.68 Å². The number of anilines is 1. The number of nitrogens with one attached hydrogen (secondary N) is 2. The number of hydrogen-bond donors (Lipinski definition) is 3. The quantitative estimate of drug-likeness (QED) is 0.151. The van der Waals surface area contributed by atoms with Crippen molar-refractivity contribution in [3.63, 3.8) is 0 Å². The van der Waals surface area contributed by atoms with E-state index in [9.17, 15) is 9.59 Å².